The normalized spacial score (nSPS) is 16.0. The van der Waals surface area contributed by atoms with Gasteiger partial charge in [-0.1, -0.05) is 6.07 Å². The molecule has 2 aliphatic rings. The Hall–Kier alpha value is -3.64. The average Bonchev–Trinajstić information content (AvgIpc) is 3.61. The predicted octanol–water partition coefficient (Wildman–Crippen LogP) is 4.26. The Balaban J connectivity index is 1.36. The first kappa shape index (κ1) is 25.6. The molecule has 0 N–H and O–H groups in total. The number of hydrogen-bond donors (Lipinski definition) is 0. The van der Waals surface area contributed by atoms with Gasteiger partial charge < -0.3 is 23.5 Å². The highest BCUT2D eigenvalue weighted by atomic mass is 32.2. The molecular formula is C28H27N3O6S2. The van der Waals surface area contributed by atoms with Crippen molar-refractivity contribution in [2.45, 2.75) is 11.4 Å². The first-order valence-electron chi connectivity index (χ1n) is 12.5. The maximum absolute atomic E-state index is 13.0. The van der Waals surface area contributed by atoms with Crippen LogP contribution in [0.5, 0.6) is 17.2 Å². The van der Waals surface area contributed by atoms with Gasteiger partial charge in [0, 0.05) is 18.5 Å². The number of nitrogens with zero attached hydrogens (tertiary/aromatic N) is 3. The topological polar surface area (TPSA) is 91.6 Å². The van der Waals surface area contributed by atoms with Gasteiger partial charge in [-0.05, 0) is 71.8 Å². The van der Waals surface area contributed by atoms with Gasteiger partial charge in [-0.15, -0.1) is 11.3 Å². The molecule has 0 unspecified atom stereocenters. The zero-order valence-corrected chi connectivity index (χ0v) is 22.9. The Morgan fingerprint density at radius 1 is 0.949 bits per heavy atom. The van der Waals surface area contributed by atoms with Crippen LogP contribution in [-0.4, -0.2) is 57.5 Å². The first-order valence-corrected chi connectivity index (χ1v) is 14.8. The zero-order chi connectivity index (χ0) is 26.8. The molecule has 6 rings (SSSR count). The number of aromatic nitrogens is 1. The zero-order valence-electron chi connectivity index (χ0n) is 21.3. The van der Waals surface area contributed by atoms with Crippen molar-refractivity contribution in [3.63, 3.8) is 0 Å². The van der Waals surface area contributed by atoms with Crippen LogP contribution in [0, 0.1) is 0 Å². The molecule has 0 amide bonds. The second-order valence-electron chi connectivity index (χ2n) is 9.03. The van der Waals surface area contributed by atoms with E-state index in [1.165, 1.54) is 15.6 Å². The van der Waals surface area contributed by atoms with Crippen molar-refractivity contribution in [1.29, 1.82) is 0 Å². The van der Waals surface area contributed by atoms with E-state index in [-0.39, 0.29) is 11.7 Å². The summed E-state index contributed by atoms with van der Waals surface area (Å²) in [5.41, 5.74) is 3.74. The molecule has 0 bridgehead atoms. The number of fused-ring (bicyclic) bond motifs is 1. The minimum Gasteiger partial charge on any atom is -0.497 e. The van der Waals surface area contributed by atoms with Gasteiger partial charge in [0.05, 0.1) is 43.1 Å². The summed E-state index contributed by atoms with van der Waals surface area (Å²) in [5, 5.41) is 2.07. The molecule has 11 heteroatoms. The van der Waals surface area contributed by atoms with Crippen LogP contribution in [0.2, 0.25) is 0 Å². The molecule has 1 saturated heterocycles. The van der Waals surface area contributed by atoms with E-state index < -0.39 is 10.0 Å². The SMILES string of the molecule is COc1ccc(-c2csc(=Nc3ccc(S(=O)(=O)N4CCOCC4)cc3)n2Cc2ccc3c(c2)OCO3)cc1. The number of hydrogen-bond acceptors (Lipinski definition) is 8. The van der Waals surface area contributed by atoms with E-state index in [0.29, 0.717) is 38.5 Å². The summed E-state index contributed by atoms with van der Waals surface area (Å²) in [5.74, 6) is 2.25. The monoisotopic (exact) mass is 565 g/mol. The van der Waals surface area contributed by atoms with Crippen LogP contribution in [0.4, 0.5) is 5.69 Å². The summed E-state index contributed by atoms with van der Waals surface area (Å²) in [6.45, 7) is 2.31. The number of thiazole rings is 1. The van der Waals surface area contributed by atoms with Crippen LogP contribution >= 0.6 is 11.3 Å². The standard InChI is InChI=1S/C28H27N3O6S2/c1-34-23-7-3-21(4-8-23)25-18-38-28(31(25)17-20-2-11-26-27(16-20)37-19-36-26)29-22-5-9-24(10-6-22)39(32,33)30-12-14-35-15-13-30/h2-11,16,18H,12-15,17,19H2,1H3. The van der Waals surface area contributed by atoms with Crippen LogP contribution in [0.3, 0.4) is 0 Å². The third-order valence-corrected chi connectivity index (χ3v) is 9.41. The summed E-state index contributed by atoms with van der Waals surface area (Å²) in [6, 6.07) is 20.5. The summed E-state index contributed by atoms with van der Waals surface area (Å²) in [4.78, 5) is 5.93. The second kappa shape index (κ2) is 10.9. The van der Waals surface area contributed by atoms with Crippen molar-refractivity contribution in [3.05, 3.63) is 82.5 Å². The maximum atomic E-state index is 13.0. The van der Waals surface area contributed by atoms with Crippen molar-refractivity contribution in [2.24, 2.45) is 4.99 Å². The second-order valence-corrected chi connectivity index (χ2v) is 11.8. The van der Waals surface area contributed by atoms with Gasteiger partial charge in [0.2, 0.25) is 16.8 Å². The largest absolute Gasteiger partial charge is 0.497 e. The van der Waals surface area contributed by atoms with Crippen LogP contribution in [-0.2, 0) is 21.3 Å². The van der Waals surface area contributed by atoms with Crippen molar-refractivity contribution in [2.75, 3.05) is 40.2 Å². The van der Waals surface area contributed by atoms with Gasteiger partial charge in [-0.25, -0.2) is 13.4 Å². The quantitative estimate of drug-likeness (QED) is 0.333. The fraction of sp³-hybridized carbons (Fsp3) is 0.250. The highest BCUT2D eigenvalue weighted by molar-refractivity contribution is 7.89. The first-order chi connectivity index (χ1) is 19.0. The molecule has 0 atom stereocenters. The van der Waals surface area contributed by atoms with Gasteiger partial charge >= 0.3 is 0 Å². The number of morpholine rings is 1. The Labute approximate surface area is 230 Å². The lowest BCUT2D eigenvalue weighted by Gasteiger charge is -2.26. The lowest BCUT2D eigenvalue weighted by molar-refractivity contribution is 0.0730. The summed E-state index contributed by atoms with van der Waals surface area (Å²) in [7, 11) is -1.92. The van der Waals surface area contributed by atoms with Crippen LogP contribution in [0.15, 0.2) is 82.0 Å². The number of sulfonamides is 1. The van der Waals surface area contributed by atoms with Gasteiger partial charge in [0.1, 0.15) is 5.75 Å². The molecule has 3 heterocycles. The smallest absolute Gasteiger partial charge is 0.243 e. The molecule has 0 spiro atoms. The molecule has 0 saturated carbocycles. The number of rotatable bonds is 7. The lowest BCUT2D eigenvalue weighted by Crippen LogP contribution is -2.40. The highest BCUT2D eigenvalue weighted by Gasteiger charge is 2.26. The van der Waals surface area contributed by atoms with Gasteiger partial charge in [0.25, 0.3) is 0 Å². The Bertz CT molecular complexity index is 1640. The molecule has 39 heavy (non-hydrogen) atoms. The fourth-order valence-electron chi connectivity index (χ4n) is 4.52. The molecule has 202 valence electrons. The van der Waals surface area contributed by atoms with Gasteiger partial charge in [0.15, 0.2) is 16.3 Å². The number of methoxy groups -OCH3 is 1. The molecule has 1 aromatic heterocycles. The summed E-state index contributed by atoms with van der Waals surface area (Å²) in [6.07, 6.45) is 0. The molecule has 9 nitrogen and oxygen atoms in total. The van der Waals surface area contributed by atoms with Crippen LogP contribution in [0.1, 0.15) is 5.56 Å². The van der Waals surface area contributed by atoms with E-state index in [1.54, 1.807) is 31.4 Å². The molecule has 0 radical (unpaired) electrons. The molecule has 0 aliphatic carbocycles. The van der Waals surface area contributed by atoms with E-state index in [9.17, 15) is 8.42 Å². The van der Waals surface area contributed by atoms with E-state index in [0.717, 1.165) is 38.9 Å². The summed E-state index contributed by atoms with van der Waals surface area (Å²) >= 11 is 1.52. The Morgan fingerprint density at radius 3 is 2.44 bits per heavy atom. The average molecular weight is 566 g/mol. The van der Waals surface area contributed by atoms with Crippen molar-refractivity contribution >= 4 is 27.0 Å². The van der Waals surface area contributed by atoms with Gasteiger partial charge in [-0.2, -0.15) is 4.31 Å². The van der Waals surface area contributed by atoms with E-state index in [2.05, 4.69) is 9.95 Å². The van der Waals surface area contributed by atoms with Crippen LogP contribution in [0.25, 0.3) is 11.3 Å². The third kappa shape index (κ3) is 5.30. The third-order valence-electron chi connectivity index (χ3n) is 6.63. The van der Waals surface area contributed by atoms with E-state index in [4.69, 9.17) is 23.9 Å². The lowest BCUT2D eigenvalue weighted by atomic mass is 10.1. The minimum atomic E-state index is -3.57. The van der Waals surface area contributed by atoms with E-state index >= 15 is 0 Å². The molecule has 1 fully saturated rings. The van der Waals surface area contributed by atoms with Crippen LogP contribution < -0.4 is 19.0 Å². The van der Waals surface area contributed by atoms with Crippen molar-refractivity contribution < 1.29 is 27.4 Å². The molecule has 3 aromatic carbocycles. The number of benzene rings is 3. The predicted molar refractivity (Wildman–Crippen MR) is 147 cm³/mol. The van der Waals surface area contributed by atoms with E-state index in [1.807, 2.05) is 42.5 Å². The fourth-order valence-corrected chi connectivity index (χ4v) is 6.86. The minimum absolute atomic E-state index is 0.222. The molecule has 4 aromatic rings. The number of ether oxygens (including phenoxy) is 4. The molecular weight excluding hydrogens is 538 g/mol. The Kier molecular flexibility index (Phi) is 7.13. The van der Waals surface area contributed by atoms with Crippen molar-refractivity contribution in [1.82, 2.24) is 8.87 Å². The van der Waals surface area contributed by atoms with Gasteiger partial charge in [-0.3, -0.25) is 0 Å². The Morgan fingerprint density at radius 2 is 1.69 bits per heavy atom. The maximum Gasteiger partial charge on any atom is 0.243 e. The summed E-state index contributed by atoms with van der Waals surface area (Å²) < 4.78 is 51.3. The highest BCUT2D eigenvalue weighted by Crippen LogP contribution is 2.33. The molecule has 2 aliphatic heterocycles. The van der Waals surface area contributed by atoms with Crippen molar-refractivity contribution in [3.8, 4) is 28.5 Å².